The molecule has 0 saturated heterocycles. The normalized spacial score (nSPS) is 14.1. The standard InChI is InChI=1S/C24H33FN6O9/c1-10(19(33)29-20(34)15(25)13(26)9-22(2,3)4)11-5-7-12(8-6-11)16-14(18(28)32)17(27)31(30-16)21(23(35,36)37)24(38,39)40/h5-8,10,21,35-40H,9,26-27H2,1-4H3,(H2,28,32)(H,29,33,34). The van der Waals surface area contributed by atoms with Crippen molar-refractivity contribution >= 4 is 23.5 Å². The molecule has 1 unspecified atom stereocenters. The highest BCUT2D eigenvalue weighted by atomic mass is 19.1. The number of nitrogens with two attached hydrogens (primary N) is 3. The van der Waals surface area contributed by atoms with Gasteiger partial charge in [0.2, 0.25) is 17.8 Å². The topological polar surface area (TPSA) is 280 Å². The highest BCUT2D eigenvalue weighted by molar-refractivity contribution is 6.05. The third kappa shape index (κ3) is 7.38. The van der Waals surface area contributed by atoms with Crippen LogP contribution in [0.25, 0.3) is 11.3 Å². The largest absolute Gasteiger partial charge is 0.400 e. The zero-order valence-corrected chi connectivity index (χ0v) is 22.1. The van der Waals surface area contributed by atoms with Gasteiger partial charge in [0.15, 0.2) is 0 Å². The summed E-state index contributed by atoms with van der Waals surface area (Å²) in [4.78, 5) is 36.8. The van der Waals surface area contributed by atoms with E-state index >= 15 is 0 Å². The third-order valence-electron chi connectivity index (χ3n) is 5.69. The van der Waals surface area contributed by atoms with Crippen molar-refractivity contribution in [3.8, 4) is 11.3 Å². The number of nitrogen functional groups attached to an aromatic ring is 1. The van der Waals surface area contributed by atoms with Crippen LogP contribution in [0.4, 0.5) is 10.2 Å². The molecule has 0 aliphatic carbocycles. The Labute approximate surface area is 227 Å². The number of primary amides is 1. The highest BCUT2D eigenvalue weighted by Gasteiger charge is 2.51. The lowest BCUT2D eigenvalue weighted by atomic mass is 9.90. The lowest BCUT2D eigenvalue weighted by molar-refractivity contribution is -0.431. The third-order valence-corrected chi connectivity index (χ3v) is 5.69. The van der Waals surface area contributed by atoms with Gasteiger partial charge in [-0.25, -0.2) is 4.68 Å². The first-order chi connectivity index (χ1) is 18.1. The fourth-order valence-electron chi connectivity index (χ4n) is 3.83. The molecular weight excluding hydrogens is 535 g/mol. The second kappa shape index (κ2) is 11.3. The zero-order valence-electron chi connectivity index (χ0n) is 22.1. The van der Waals surface area contributed by atoms with Gasteiger partial charge >= 0.3 is 11.9 Å². The first kappa shape index (κ1) is 32.3. The molecule has 15 nitrogen and oxygen atoms in total. The van der Waals surface area contributed by atoms with Crippen molar-refractivity contribution < 1.29 is 49.4 Å². The van der Waals surface area contributed by atoms with Gasteiger partial charge in [0, 0.05) is 5.56 Å². The summed E-state index contributed by atoms with van der Waals surface area (Å²) in [5, 5.41) is 62.9. The van der Waals surface area contributed by atoms with Crippen LogP contribution in [0.5, 0.6) is 0 Å². The number of nitrogens with zero attached hydrogens (tertiary/aromatic N) is 2. The van der Waals surface area contributed by atoms with Crippen molar-refractivity contribution in [3.63, 3.8) is 0 Å². The molecule has 1 aromatic heterocycles. The number of nitrogens with one attached hydrogen (secondary N) is 1. The molecule has 3 amide bonds. The number of benzene rings is 1. The van der Waals surface area contributed by atoms with Gasteiger partial charge in [-0.1, -0.05) is 45.0 Å². The predicted octanol–water partition coefficient (Wildman–Crippen LogP) is -1.64. The van der Waals surface area contributed by atoms with Gasteiger partial charge in [-0.2, -0.15) is 9.49 Å². The van der Waals surface area contributed by atoms with Crippen molar-refractivity contribution in [2.75, 3.05) is 5.73 Å². The molecule has 2 aromatic rings. The van der Waals surface area contributed by atoms with Crippen LogP contribution in [0.2, 0.25) is 0 Å². The molecule has 0 aliphatic heterocycles. The summed E-state index contributed by atoms with van der Waals surface area (Å²) in [5.41, 5.74) is 15.6. The van der Waals surface area contributed by atoms with Crippen LogP contribution in [-0.4, -0.2) is 70.1 Å². The van der Waals surface area contributed by atoms with Gasteiger partial charge in [0.1, 0.15) is 17.1 Å². The average Bonchev–Trinajstić information content (AvgIpc) is 3.11. The number of carbonyl (C=O) groups is 3. The van der Waals surface area contributed by atoms with Gasteiger partial charge in [-0.05, 0) is 24.3 Å². The van der Waals surface area contributed by atoms with Gasteiger partial charge in [-0.3, -0.25) is 19.7 Å². The molecule has 0 bridgehead atoms. The minimum absolute atomic E-state index is 0.0809. The SMILES string of the molecule is CC(C(=O)NC(=O)C(F)=C(N)CC(C)(C)C)c1ccc(-c2nn(C(C(O)(O)O)C(O)(O)O)c(N)c2C(N)=O)cc1. The van der Waals surface area contributed by atoms with E-state index in [1.807, 2.05) is 5.32 Å². The fourth-order valence-corrected chi connectivity index (χ4v) is 3.83. The monoisotopic (exact) mass is 568 g/mol. The number of hydrogen-bond donors (Lipinski definition) is 10. The van der Waals surface area contributed by atoms with E-state index in [-0.39, 0.29) is 28.1 Å². The summed E-state index contributed by atoms with van der Waals surface area (Å²) in [7, 11) is 0. The number of hydrogen-bond acceptors (Lipinski definition) is 12. The van der Waals surface area contributed by atoms with Crippen LogP contribution in [0.15, 0.2) is 35.8 Å². The first-order valence-electron chi connectivity index (χ1n) is 11.7. The number of imide groups is 1. The smallest absolute Gasteiger partial charge is 0.307 e. The number of rotatable bonds is 9. The number of carbonyl (C=O) groups excluding carboxylic acids is 3. The summed E-state index contributed by atoms with van der Waals surface area (Å²) >= 11 is 0. The Balaban J connectivity index is 2.39. The van der Waals surface area contributed by atoms with Crippen LogP contribution in [0.3, 0.4) is 0 Å². The summed E-state index contributed by atoms with van der Waals surface area (Å²) in [6.07, 6.45) is 0.0809. The minimum Gasteiger partial charge on any atom is -0.400 e. The number of aromatic nitrogens is 2. The second-order valence-corrected chi connectivity index (χ2v) is 10.4. The van der Waals surface area contributed by atoms with E-state index in [4.69, 9.17) is 17.2 Å². The Morgan fingerprint density at radius 3 is 1.93 bits per heavy atom. The Morgan fingerprint density at radius 1 is 1.00 bits per heavy atom. The minimum atomic E-state index is -3.99. The van der Waals surface area contributed by atoms with Crippen LogP contribution in [0.1, 0.15) is 62.0 Å². The Kier molecular flexibility index (Phi) is 9.10. The van der Waals surface area contributed by atoms with Crippen LogP contribution >= 0.6 is 0 Å². The van der Waals surface area contributed by atoms with Crippen LogP contribution in [-0.2, 0) is 9.59 Å². The van der Waals surface area contributed by atoms with Crippen molar-refractivity contribution in [1.82, 2.24) is 15.1 Å². The predicted molar refractivity (Wildman–Crippen MR) is 136 cm³/mol. The van der Waals surface area contributed by atoms with Crippen molar-refractivity contribution in [3.05, 3.63) is 46.9 Å². The number of amides is 3. The van der Waals surface area contributed by atoms with Gasteiger partial charge in [-0.15, -0.1) is 0 Å². The summed E-state index contributed by atoms with van der Waals surface area (Å²) in [6.45, 7) is 6.81. The molecule has 0 aliphatic rings. The van der Waals surface area contributed by atoms with Gasteiger partial charge in [0.25, 0.3) is 11.8 Å². The molecule has 1 aromatic carbocycles. The van der Waals surface area contributed by atoms with E-state index in [0.29, 0.717) is 5.56 Å². The molecule has 220 valence electrons. The van der Waals surface area contributed by atoms with E-state index in [2.05, 4.69) is 5.10 Å². The fraction of sp³-hybridized carbons (Fsp3) is 0.417. The number of anilines is 1. The molecule has 13 N–H and O–H groups in total. The lowest BCUT2D eigenvalue weighted by Gasteiger charge is -2.32. The molecule has 0 saturated carbocycles. The van der Waals surface area contributed by atoms with E-state index in [1.54, 1.807) is 20.8 Å². The lowest BCUT2D eigenvalue weighted by Crippen LogP contribution is -2.53. The number of allylic oxidation sites excluding steroid dienone is 1. The quantitative estimate of drug-likeness (QED) is 0.120. The maximum absolute atomic E-state index is 14.4. The molecule has 0 spiro atoms. The summed E-state index contributed by atoms with van der Waals surface area (Å²) in [6, 6.07) is 2.59. The van der Waals surface area contributed by atoms with Crippen molar-refractivity contribution in [2.24, 2.45) is 16.9 Å². The molecule has 2 rings (SSSR count). The molecule has 0 radical (unpaired) electrons. The van der Waals surface area contributed by atoms with Crippen molar-refractivity contribution in [2.45, 2.75) is 58.0 Å². The average molecular weight is 569 g/mol. The Hall–Kier alpha value is -3.93. The maximum Gasteiger partial charge on any atom is 0.307 e. The number of halogens is 1. The van der Waals surface area contributed by atoms with E-state index in [1.165, 1.54) is 31.2 Å². The van der Waals surface area contributed by atoms with Gasteiger partial charge in [0.05, 0.1) is 11.6 Å². The zero-order chi connectivity index (χ0) is 31.0. The molecule has 1 atom stereocenters. The summed E-state index contributed by atoms with van der Waals surface area (Å²) < 4.78 is 14.5. The summed E-state index contributed by atoms with van der Waals surface area (Å²) in [5.74, 6) is -14.3. The van der Waals surface area contributed by atoms with Crippen LogP contribution in [0, 0.1) is 5.41 Å². The molecule has 1 heterocycles. The van der Waals surface area contributed by atoms with E-state index < -0.39 is 64.3 Å². The maximum atomic E-state index is 14.4. The Morgan fingerprint density at radius 2 is 1.50 bits per heavy atom. The van der Waals surface area contributed by atoms with Gasteiger partial charge < -0.3 is 47.8 Å². The molecule has 16 heteroatoms. The first-order valence-corrected chi connectivity index (χ1v) is 11.7. The molecular formula is C24H33FN6O9. The van der Waals surface area contributed by atoms with Crippen LogP contribution < -0.4 is 22.5 Å². The Bertz CT molecular complexity index is 1300. The highest BCUT2D eigenvalue weighted by Crippen LogP contribution is 2.35. The second-order valence-electron chi connectivity index (χ2n) is 10.4. The van der Waals surface area contributed by atoms with Crippen molar-refractivity contribution in [1.29, 1.82) is 0 Å². The number of aliphatic hydroxyl groups is 6. The molecule has 40 heavy (non-hydrogen) atoms. The van der Waals surface area contributed by atoms with E-state index in [0.717, 1.165) is 0 Å². The van der Waals surface area contributed by atoms with E-state index in [9.17, 15) is 49.4 Å². The molecule has 0 fully saturated rings.